The number of nitrogens with one attached hydrogen (secondary N) is 2. The van der Waals surface area contributed by atoms with E-state index < -0.39 is 28.5 Å². The number of hydrogen-bond donors (Lipinski definition) is 2. The maximum absolute atomic E-state index is 12.8. The second kappa shape index (κ2) is 9.00. The van der Waals surface area contributed by atoms with Crippen molar-refractivity contribution in [2.24, 2.45) is 0 Å². The van der Waals surface area contributed by atoms with Gasteiger partial charge in [-0.25, -0.2) is 13.2 Å². The summed E-state index contributed by atoms with van der Waals surface area (Å²) < 4.78 is 37.9. The zero-order chi connectivity index (χ0) is 22.6. The van der Waals surface area contributed by atoms with Gasteiger partial charge in [0, 0.05) is 11.8 Å². The first-order chi connectivity index (χ1) is 14.6. The SMILES string of the molecule is Cc1ccc(NS(=O)(=O)c2cc(C(=O)OCC(=O)Nc3cc(C)on3)ccc2C)cc1. The third kappa shape index (κ3) is 5.70. The Morgan fingerprint density at radius 1 is 1.03 bits per heavy atom. The molecule has 2 N–H and O–H groups in total. The Hall–Kier alpha value is -3.66. The molecule has 31 heavy (non-hydrogen) atoms. The van der Waals surface area contributed by atoms with Crippen molar-refractivity contribution < 1.29 is 27.3 Å². The van der Waals surface area contributed by atoms with Crippen LogP contribution in [0.4, 0.5) is 11.5 Å². The van der Waals surface area contributed by atoms with Crippen molar-refractivity contribution >= 4 is 33.4 Å². The highest BCUT2D eigenvalue weighted by Crippen LogP contribution is 2.21. The standard InChI is InChI=1S/C21H21N3O6S/c1-13-4-8-17(9-5-13)24-31(27,28)18-11-16(7-6-14(18)2)21(26)29-12-20(25)22-19-10-15(3)30-23-19/h4-11,24H,12H2,1-3H3,(H,22,23,25). The smallest absolute Gasteiger partial charge is 0.338 e. The minimum absolute atomic E-state index is 0.0000355. The van der Waals surface area contributed by atoms with Gasteiger partial charge in [-0.3, -0.25) is 9.52 Å². The van der Waals surface area contributed by atoms with Crippen molar-refractivity contribution in [3.63, 3.8) is 0 Å². The topological polar surface area (TPSA) is 128 Å². The molecule has 0 atom stereocenters. The number of ether oxygens (including phenoxy) is 1. The summed E-state index contributed by atoms with van der Waals surface area (Å²) in [5.74, 6) is -0.731. The molecule has 0 radical (unpaired) electrons. The monoisotopic (exact) mass is 443 g/mol. The Morgan fingerprint density at radius 2 is 1.74 bits per heavy atom. The van der Waals surface area contributed by atoms with Gasteiger partial charge in [-0.2, -0.15) is 0 Å². The number of aromatic nitrogens is 1. The summed E-state index contributed by atoms with van der Waals surface area (Å²) in [6.07, 6.45) is 0. The zero-order valence-corrected chi connectivity index (χ0v) is 17.9. The highest BCUT2D eigenvalue weighted by atomic mass is 32.2. The average Bonchev–Trinajstić information content (AvgIpc) is 3.12. The largest absolute Gasteiger partial charge is 0.452 e. The number of carbonyl (C=O) groups excluding carboxylic acids is 2. The summed E-state index contributed by atoms with van der Waals surface area (Å²) in [5, 5.41) is 6.03. The van der Waals surface area contributed by atoms with E-state index in [-0.39, 0.29) is 16.3 Å². The van der Waals surface area contributed by atoms with Crippen LogP contribution in [-0.4, -0.2) is 32.1 Å². The van der Waals surface area contributed by atoms with Crippen LogP contribution in [0, 0.1) is 20.8 Å². The number of benzene rings is 2. The molecular formula is C21H21N3O6S. The minimum atomic E-state index is -3.94. The molecule has 0 saturated heterocycles. The summed E-state index contributed by atoms with van der Waals surface area (Å²) in [7, 11) is -3.94. The number of carbonyl (C=O) groups is 2. The molecule has 1 aromatic heterocycles. The van der Waals surface area contributed by atoms with Crippen molar-refractivity contribution in [2.45, 2.75) is 25.7 Å². The van der Waals surface area contributed by atoms with Crippen LogP contribution in [0.15, 0.2) is 57.9 Å². The van der Waals surface area contributed by atoms with Gasteiger partial charge in [-0.15, -0.1) is 0 Å². The van der Waals surface area contributed by atoms with Gasteiger partial charge < -0.3 is 14.6 Å². The van der Waals surface area contributed by atoms with Gasteiger partial charge in [-0.1, -0.05) is 28.9 Å². The fraction of sp³-hybridized carbons (Fsp3) is 0.190. The molecule has 1 amide bonds. The molecule has 9 nitrogen and oxygen atoms in total. The lowest BCUT2D eigenvalue weighted by Gasteiger charge is -2.12. The van der Waals surface area contributed by atoms with Gasteiger partial charge in [0.25, 0.3) is 15.9 Å². The molecule has 3 rings (SSSR count). The number of amides is 1. The first-order valence-corrected chi connectivity index (χ1v) is 10.7. The Balaban J connectivity index is 1.69. The summed E-state index contributed by atoms with van der Waals surface area (Å²) in [6, 6.07) is 12.5. The van der Waals surface area contributed by atoms with E-state index in [0.717, 1.165) is 5.56 Å². The van der Waals surface area contributed by atoms with Crippen LogP contribution in [0.1, 0.15) is 27.2 Å². The van der Waals surface area contributed by atoms with Crippen molar-refractivity contribution in [1.82, 2.24) is 5.16 Å². The van der Waals surface area contributed by atoms with Crippen LogP contribution in [0.3, 0.4) is 0 Å². The Bertz CT molecular complexity index is 1220. The number of nitrogens with zero attached hydrogens (tertiary/aromatic N) is 1. The van der Waals surface area contributed by atoms with Crippen LogP contribution >= 0.6 is 0 Å². The average molecular weight is 443 g/mol. The molecule has 0 spiro atoms. The lowest BCUT2D eigenvalue weighted by molar-refractivity contribution is -0.119. The van der Waals surface area contributed by atoms with Crippen molar-refractivity contribution in [2.75, 3.05) is 16.6 Å². The highest BCUT2D eigenvalue weighted by molar-refractivity contribution is 7.92. The van der Waals surface area contributed by atoms with Crippen LogP contribution in [0.5, 0.6) is 0 Å². The third-order valence-corrected chi connectivity index (χ3v) is 5.77. The molecule has 0 fully saturated rings. The lowest BCUT2D eigenvalue weighted by Crippen LogP contribution is -2.21. The number of esters is 1. The van der Waals surface area contributed by atoms with Gasteiger partial charge in [0.15, 0.2) is 12.4 Å². The van der Waals surface area contributed by atoms with E-state index in [4.69, 9.17) is 9.26 Å². The second-order valence-corrected chi connectivity index (χ2v) is 8.55. The Kier molecular flexibility index (Phi) is 6.40. The van der Waals surface area contributed by atoms with Crippen LogP contribution in [0.2, 0.25) is 0 Å². The third-order valence-electron chi connectivity index (χ3n) is 4.25. The fourth-order valence-electron chi connectivity index (χ4n) is 2.67. The van der Waals surface area contributed by atoms with E-state index in [1.54, 1.807) is 38.1 Å². The van der Waals surface area contributed by atoms with Gasteiger partial charge >= 0.3 is 5.97 Å². The molecule has 0 bridgehead atoms. The maximum atomic E-state index is 12.8. The highest BCUT2D eigenvalue weighted by Gasteiger charge is 2.20. The molecule has 3 aromatic rings. The number of rotatable bonds is 7. The van der Waals surface area contributed by atoms with Crippen molar-refractivity contribution in [3.8, 4) is 0 Å². The van der Waals surface area contributed by atoms with Gasteiger partial charge in [0.1, 0.15) is 5.76 Å². The molecule has 0 unspecified atom stereocenters. The van der Waals surface area contributed by atoms with E-state index in [1.165, 1.54) is 24.3 Å². The zero-order valence-electron chi connectivity index (χ0n) is 17.1. The molecule has 2 aromatic carbocycles. The molecule has 1 heterocycles. The first-order valence-electron chi connectivity index (χ1n) is 9.24. The maximum Gasteiger partial charge on any atom is 0.338 e. The van der Waals surface area contributed by atoms with Gasteiger partial charge in [-0.05, 0) is 50.6 Å². The molecule has 162 valence electrons. The lowest BCUT2D eigenvalue weighted by atomic mass is 10.1. The van der Waals surface area contributed by atoms with E-state index in [9.17, 15) is 18.0 Å². The normalized spacial score (nSPS) is 11.1. The minimum Gasteiger partial charge on any atom is -0.452 e. The summed E-state index contributed by atoms with van der Waals surface area (Å²) in [4.78, 5) is 24.2. The predicted octanol–water partition coefficient (Wildman–Crippen LogP) is 3.20. The summed E-state index contributed by atoms with van der Waals surface area (Å²) in [6.45, 7) is 4.61. The molecule has 0 aliphatic carbocycles. The van der Waals surface area contributed by atoms with E-state index in [1.807, 2.05) is 6.92 Å². The number of aryl methyl sites for hydroxylation is 3. The molecular weight excluding hydrogens is 422 g/mol. The number of sulfonamides is 1. The van der Waals surface area contributed by atoms with Gasteiger partial charge in [0.2, 0.25) is 0 Å². The molecule has 10 heteroatoms. The van der Waals surface area contributed by atoms with E-state index in [2.05, 4.69) is 15.2 Å². The Labute approximate surface area is 179 Å². The number of anilines is 2. The van der Waals surface area contributed by atoms with E-state index >= 15 is 0 Å². The Morgan fingerprint density at radius 3 is 2.39 bits per heavy atom. The predicted molar refractivity (Wildman–Crippen MR) is 113 cm³/mol. The van der Waals surface area contributed by atoms with Crippen molar-refractivity contribution in [1.29, 1.82) is 0 Å². The first kappa shape index (κ1) is 22.0. The van der Waals surface area contributed by atoms with Crippen molar-refractivity contribution in [3.05, 3.63) is 71.0 Å². The molecule has 0 aliphatic rings. The quantitative estimate of drug-likeness (QED) is 0.537. The van der Waals surface area contributed by atoms with E-state index in [0.29, 0.717) is 17.0 Å². The van der Waals surface area contributed by atoms with Crippen LogP contribution < -0.4 is 10.0 Å². The number of hydrogen-bond acceptors (Lipinski definition) is 7. The summed E-state index contributed by atoms with van der Waals surface area (Å²) in [5.41, 5.74) is 1.85. The second-order valence-electron chi connectivity index (χ2n) is 6.90. The van der Waals surface area contributed by atoms with Crippen LogP contribution in [-0.2, 0) is 19.6 Å². The summed E-state index contributed by atoms with van der Waals surface area (Å²) >= 11 is 0. The fourth-order valence-corrected chi connectivity index (χ4v) is 4.00. The molecule has 0 aliphatic heterocycles. The molecule has 0 saturated carbocycles. The van der Waals surface area contributed by atoms with Crippen LogP contribution in [0.25, 0.3) is 0 Å². The van der Waals surface area contributed by atoms with Gasteiger partial charge in [0.05, 0.1) is 10.5 Å².